The molecule has 0 bridgehead atoms. The molecule has 90 valence electrons. The van der Waals surface area contributed by atoms with Crippen LogP contribution in [0, 0.1) is 11.3 Å². The maximum absolute atomic E-state index is 9.38. The van der Waals surface area contributed by atoms with Gasteiger partial charge >= 0.3 is 0 Å². The van der Waals surface area contributed by atoms with Crippen molar-refractivity contribution in [1.82, 2.24) is 4.98 Å². The Morgan fingerprint density at radius 1 is 1.16 bits per heavy atom. The highest BCUT2D eigenvalue weighted by Crippen LogP contribution is 2.31. The summed E-state index contributed by atoms with van der Waals surface area (Å²) in [4.78, 5) is 4.23. The lowest BCUT2D eigenvalue weighted by molar-refractivity contribution is 1.30. The SMILES string of the molecule is N#C/C(=C\c1ccccn1)c1csc2ccccc12. The van der Waals surface area contributed by atoms with Crippen molar-refractivity contribution in [3.05, 3.63) is 65.3 Å². The number of thiophene rings is 1. The van der Waals surface area contributed by atoms with E-state index in [1.807, 2.05) is 47.9 Å². The molecule has 1 aromatic carbocycles. The summed E-state index contributed by atoms with van der Waals surface area (Å²) in [6, 6.07) is 16.1. The van der Waals surface area contributed by atoms with E-state index >= 15 is 0 Å². The zero-order valence-electron chi connectivity index (χ0n) is 10.1. The molecule has 0 atom stereocenters. The largest absolute Gasteiger partial charge is 0.257 e. The van der Waals surface area contributed by atoms with Gasteiger partial charge in [0.25, 0.3) is 0 Å². The Morgan fingerprint density at radius 2 is 2.00 bits per heavy atom. The van der Waals surface area contributed by atoms with Crippen molar-refractivity contribution in [3.63, 3.8) is 0 Å². The Balaban J connectivity index is 2.14. The normalized spacial score (nSPS) is 11.4. The van der Waals surface area contributed by atoms with Crippen LogP contribution in [0.1, 0.15) is 11.3 Å². The van der Waals surface area contributed by atoms with E-state index in [2.05, 4.69) is 17.1 Å². The third-order valence-electron chi connectivity index (χ3n) is 2.87. The number of rotatable bonds is 2. The zero-order chi connectivity index (χ0) is 13.1. The number of allylic oxidation sites excluding steroid dienone is 1. The number of nitrogens with zero attached hydrogens (tertiary/aromatic N) is 2. The molecule has 0 unspecified atom stereocenters. The topological polar surface area (TPSA) is 36.7 Å². The molecule has 0 aliphatic heterocycles. The van der Waals surface area contributed by atoms with Gasteiger partial charge in [0.05, 0.1) is 17.3 Å². The van der Waals surface area contributed by atoms with E-state index in [4.69, 9.17) is 0 Å². The molecule has 3 heteroatoms. The Morgan fingerprint density at radius 3 is 2.79 bits per heavy atom. The second kappa shape index (κ2) is 5.05. The molecular formula is C16H10N2S. The van der Waals surface area contributed by atoms with Gasteiger partial charge in [-0.3, -0.25) is 4.98 Å². The van der Waals surface area contributed by atoms with Crippen LogP contribution >= 0.6 is 11.3 Å². The summed E-state index contributed by atoms with van der Waals surface area (Å²) < 4.78 is 1.19. The molecule has 2 aromatic heterocycles. The van der Waals surface area contributed by atoms with Crippen LogP contribution in [0.15, 0.2) is 54.0 Å². The summed E-state index contributed by atoms with van der Waals surface area (Å²) in [5.74, 6) is 0. The average molecular weight is 262 g/mol. The maximum atomic E-state index is 9.38. The molecule has 19 heavy (non-hydrogen) atoms. The van der Waals surface area contributed by atoms with E-state index in [9.17, 15) is 5.26 Å². The van der Waals surface area contributed by atoms with E-state index < -0.39 is 0 Å². The van der Waals surface area contributed by atoms with Crippen molar-refractivity contribution >= 4 is 33.1 Å². The van der Waals surface area contributed by atoms with E-state index in [0.717, 1.165) is 16.6 Å². The highest BCUT2D eigenvalue weighted by molar-refractivity contribution is 7.17. The molecule has 0 spiro atoms. The summed E-state index contributed by atoms with van der Waals surface area (Å²) in [6.45, 7) is 0. The third-order valence-corrected chi connectivity index (χ3v) is 3.84. The summed E-state index contributed by atoms with van der Waals surface area (Å²) in [5.41, 5.74) is 2.43. The average Bonchev–Trinajstić information content (AvgIpc) is 2.90. The molecule has 2 nitrogen and oxygen atoms in total. The fourth-order valence-electron chi connectivity index (χ4n) is 1.97. The minimum absolute atomic E-state index is 0.649. The molecule has 0 amide bonds. The quantitative estimate of drug-likeness (QED) is 0.643. The summed E-state index contributed by atoms with van der Waals surface area (Å²) in [7, 11) is 0. The molecule has 0 fully saturated rings. The van der Waals surface area contributed by atoms with Crippen LogP contribution in [-0.2, 0) is 0 Å². The van der Waals surface area contributed by atoms with Gasteiger partial charge in [0.2, 0.25) is 0 Å². The predicted molar refractivity (Wildman–Crippen MR) is 79.5 cm³/mol. The maximum Gasteiger partial charge on any atom is 0.0999 e. The molecule has 3 rings (SSSR count). The van der Waals surface area contributed by atoms with Crippen LogP contribution in [-0.4, -0.2) is 4.98 Å². The first-order valence-electron chi connectivity index (χ1n) is 5.88. The molecule has 3 aromatic rings. The van der Waals surface area contributed by atoms with Crippen molar-refractivity contribution in [2.45, 2.75) is 0 Å². The van der Waals surface area contributed by atoms with Crippen molar-refractivity contribution < 1.29 is 0 Å². The Kier molecular flexibility index (Phi) is 3.09. The van der Waals surface area contributed by atoms with Gasteiger partial charge in [-0.15, -0.1) is 11.3 Å². The van der Waals surface area contributed by atoms with Gasteiger partial charge in [-0.2, -0.15) is 5.26 Å². The van der Waals surface area contributed by atoms with Gasteiger partial charge in [0.15, 0.2) is 0 Å². The van der Waals surface area contributed by atoms with Crippen molar-refractivity contribution in [2.24, 2.45) is 0 Å². The Labute approximate surface area is 115 Å². The van der Waals surface area contributed by atoms with Crippen LogP contribution in [0.3, 0.4) is 0 Å². The first kappa shape index (κ1) is 11.6. The van der Waals surface area contributed by atoms with Gasteiger partial charge in [-0.1, -0.05) is 24.3 Å². The fourth-order valence-corrected chi connectivity index (χ4v) is 2.93. The summed E-state index contributed by atoms with van der Waals surface area (Å²) in [5, 5.41) is 12.5. The monoisotopic (exact) mass is 262 g/mol. The highest BCUT2D eigenvalue weighted by atomic mass is 32.1. The third kappa shape index (κ3) is 2.26. The van der Waals surface area contributed by atoms with Crippen molar-refractivity contribution in [3.8, 4) is 6.07 Å². The number of aromatic nitrogens is 1. The molecule has 0 N–H and O–H groups in total. The lowest BCUT2D eigenvalue weighted by Gasteiger charge is -1.97. The smallest absolute Gasteiger partial charge is 0.0999 e. The second-order valence-corrected chi connectivity index (χ2v) is 4.98. The molecular weight excluding hydrogens is 252 g/mol. The fraction of sp³-hybridized carbons (Fsp3) is 0. The number of benzene rings is 1. The molecule has 0 aliphatic carbocycles. The van der Waals surface area contributed by atoms with Gasteiger partial charge in [0.1, 0.15) is 0 Å². The van der Waals surface area contributed by atoms with E-state index in [0.29, 0.717) is 5.57 Å². The molecule has 2 heterocycles. The predicted octanol–water partition coefficient (Wildman–Crippen LogP) is 4.36. The summed E-state index contributed by atoms with van der Waals surface area (Å²) in [6.07, 6.45) is 3.56. The molecule has 0 saturated carbocycles. The number of pyridine rings is 1. The van der Waals surface area contributed by atoms with Gasteiger partial charge < -0.3 is 0 Å². The Bertz CT molecular complexity index is 779. The molecule has 0 radical (unpaired) electrons. The summed E-state index contributed by atoms with van der Waals surface area (Å²) >= 11 is 1.66. The Hall–Kier alpha value is -2.44. The van der Waals surface area contributed by atoms with Gasteiger partial charge in [-0.25, -0.2) is 0 Å². The number of fused-ring (bicyclic) bond motifs is 1. The van der Waals surface area contributed by atoms with E-state index in [1.165, 1.54) is 4.70 Å². The number of hydrogen-bond acceptors (Lipinski definition) is 3. The van der Waals surface area contributed by atoms with Crippen molar-refractivity contribution in [2.75, 3.05) is 0 Å². The zero-order valence-corrected chi connectivity index (χ0v) is 10.9. The minimum Gasteiger partial charge on any atom is -0.257 e. The minimum atomic E-state index is 0.649. The van der Waals surface area contributed by atoms with Crippen LogP contribution in [0.25, 0.3) is 21.7 Å². The first-order chi connectivity index (χ1) is 9.38. The second-order valence-electron chi connectivity index (χ2n) is 4.07. The van der Waals surface area contributed by atoms with E-state index in [-0.39, 0.29) is 0 Å². The van der Waals surface area contributed by atoms with E-state index in [1.54, 1.807) is 17.5 Å². The van der Waals surface area contributed by atoms with Crippen LogP contribution < -0.4 is 0 Å². The standard InChI is InChI=1S/C16H10N2S/c17-10-12(9-13-5-3-4-8-18-13)15-11-19-16-7-2-1-6-14(15)16/h1-9,11H/b12-9+. The molecule has 0 saturated heterocycles. The lowest BCUT2D eigenvalue weighted by atomic mass is 10.0. The lowest BCUT2D eigenvalue weighted by Crippen LogP contribution is -1.82. The number of hydrogen-bond donors (Lipinski definition) is 0. The van der Waals surface area contributed by atoms with Crippen LogP contribution in [0.4, 0.5) is 0 Å². The highest BCUT2D eigenvalue weighted by Gasteiger charge is 2.08. The van der Waals surface area contributed by atoms with Crippen LogP contribution in [0.2, 0.25) is 0 Å². The number of nitriles is 1. The molecule has 0 aliphatic rings. The van der Waals surface area contributed by atoms with Gasteiger partial charge in [-0.05, 0) is 24.3 Å². The first-order valence-corrected chi connectivity index (χ1v) is 6.76. The van der Waals surface area contributed by atoms with Crippen LogP contribution in [0.5, 0.6) is 0 Å². The van der Waals surface area contributed by atoms with Crippen molar-refractivity contribution in [1.29, 1.82) is 5.26 Å². The van der Waals surface area contributed by atoms with Gasteiger partial charge in [0, 0.05) is 27.2 Å².